The van der Waals surface area contributed by atoms with Crippen molar-refractivity contribution in [2.45, 2.75) is 6.92 Å². The molecule has 1 aromatic carbocycles. The predicted molar refractivity (Wildman–Crippen MR) is 70.3 cm³/mol. The maximum atomic E-state index is 13.2. The van der Waals surface area contributed by atoms with Crippen LogP contribution < -0.4 is 4.52 Å². The fourth-order valence-electron chi connectivity index (χ4n) is 1.63. The van der Waals surface area contributed by atoms with Gasteiger partial charge in [-0.2, -0.15) is 0 Å². The maximum Gasteiger partial charge on any atom is 0.491 e. The van der Waals surface area contributed by atoms with Crippen molar-refractivity contribution in [3.63, 3.8) is 0 Å². The van der Waals surface area contributed by atoms with Gasteiger partial charge >= 0.3 is 7.67 Å². The van der Waals surface area contributed by atoms with Gasteiger partial charge in [0.05, 0.1) is 0 Å². The number of aryl methyl sites for hydroxylation is 1. The van der Waals surface area contributed by atoms with Crippen molar-refractivity contribution in [2.24, 2.45) is 0 Å². The van der Waals surface area contributed by atoms with Crippen LogP contribution in [0.4, 0.5) is 0 Å². The Morgan fingerprint density at radius 2 is 1.65 bits per heavy atom. The first-order valence-electron chi connectivity index (χ1n) is 5.76. The molecule has 0 atom stereocenters. The summed E-state index contributed by atoms with van der Waals surface area (Å²) in [6.07, 6.45) is 5.21. The zero-order chi connectivity index (χ0) is 14.0. The molecule has 3 aromatic rings. The molecule has 0 radical (unpaired) electrons. The largest absolute Gasteiger partial charge is 0.491 e. The van der Waals surface area contributed by atoms with E-state index in [9.17, 15) is 4.57 Å². The second-order valence-corrected chi connectivity index (χ2v) is 5.96. The number of nitrogens with zero attached hydrogens (tertiary/aromatic N) is 6. The van der Waals surface area contributed by atoms with Crippen molar-refractivity contribution in [2.75, 3.05) is 0 Å². The molecule has 2 heterocycles. The van der Waals surface area contributed by atoms with Crippen LogP contribution in [0.1, 0.15) is 5.56 Å². The zero-order valence-corrected chi connectivity index (χ0v) is 11.5. The van der Waals surface area contributed by atoms with Gasteiger partial charge in [0.25, 0.3) is 0 Å². The fourth-order valence-corrected chi connectivity index (χ4v) is 3.18. The molecule has 0 aliphatic rings. The van der Waals surface area contributed by atoms with Crippen LogP contribution in [0.15, 0.2) is 49.6 Å². The van der Waals surface area contributed by atoms with Gasteiger partial charge in [-0.1, -0.05) is 18.2 Å². The van der Waals surface area contributed by atoms with E-state index in [1.54, 1.807) is 12.1 Å². The Kier molecular flexibility index (Phi) is 3.08. The summed E-state index contributed by atoms with van der Waals surface area (Å²) in [5, 5.41) is 7.80. The molecule has 0 amide bonds. The molecule has 0 aliphatic carbocycles. The van der Waals surface area contributed by atoms with E-state index in [0.29, 0.717) is 5.75 Å². The minimum atomic E-state index is -3.59. The molecule has 8 nitrogen and oxygen atoms in total. The first-order valence-corrected chi connectivity index (χ1v) is 7.29. The molecule has 0 bridgehead atoms. The Hall–Kier alpha value is -2.47. The normalized spacial score (nSPS) is 11.4. The van der Waals surface area contributed by atoms with E-state index in [2.05, 4.69) is 20.2 Å². The summed E-state index contributed by atoms with van der Waals surface area (Å²) in [4.78, 5) is 7.60. The van der Waals surface area contributed by atoms with Crippen LogP contribution in [0.2, 0.25) is 0 Å². The monoisotopic (exact) mass is 290 g/mol. The van der Waals surface area contributed by atoms with E-state index < -0.39 is 7.67 Å². The Morgan fingerprint density at radius 3 is 2.15 bits per heavy atom. The summed E-state index contributed by atoms with van der Waals surface area (Å²) in [6.45, 7) is 1.86. The molecule has 0 N–H and O–H groups in total. The van der Waals surface area contributed by atoms with Gasteiger partial charge in [0.1, 0.15) is 31.1 Å². The molecule has 2 aromatic heterocycles. The SMILES string of the molecule is Cc1ccccc1OP(=O)(n1cncn1)n1cncn1. The molecule has 0 saturated heterocycles. The Labute approximate surface area is 114 Å². The molecule has 9 heteroatoms. The molecular weight excluding hydrogens is 279 g/mol. The maximum absolute atomic E-state index is 13.2. The lowest BCUT2D eigenvalue weighted by molar-refractivity contribution is 0.445. The average molecular weight is 290 g/mol. The lowest BCUT2D eigenvalue weighted by Gasteiger charge is -2.18. The molecule has 0 spiro atoms. The molecular formula is C11H11N6O2P. The lowest BCUT2D eigenvalue weighted by atomic mass is 10.2. The topological polar surface area (TPSA) is 87.7 Å². The van der Waals surface area contributed by atoms with Crippen molar-refractivity contribution in [3.8, 4) is 5.75 Å². The minimum absolute atomic E-state index is 0.488. The number of para-hydroxylation sites is 1. The van der Waals surface area contributed by atoms with Gasteiger partial charge in [-0.3, -0.25) is 0 Å². The molecule has 3 rings (SSSR count). The molecule has 20 heavy (non-hydrogen) atoms. The van der Waals surface area contributed by atoms with E-state index in [0.717, 1.165) is 14.5 Å². The first-order chi connectivity index (χ1) is 9.70. The molecule has 0 fully saturated rings. The van der Waals surface area contributed by atoms with Crippen molar-refractivity contribution in [3.05, 3.63) is 55.1 Å². The van der Waals surface area contributed by atoms with E-state index in [1.165, 1.54) is 25.3 Å². The first kappa shape index (κ1) is 12.6. The Balaban J connectivity index is 2.09. The number of hydrogen-bond donors (Lipinski definition) is 0. The van der Waals surface area contributed by atoms with Crippen molar-refractivity contribution < 1.29 is 9.09 Å². The van der Waals surface area contributed by atoms with E-state index in [1.807, 2.05) is 19.1 Å². The highest BCUT2D eigenvalue weighted by molar-refractivity contribution is 7.55. The quantitative estimate of drug-likeness (QED) is 0.680. The number of rotatable bonds is 4. The van der Waals surface area contributed by atoms with Gasteiger partial charge in [0.2, 0.25) is 0 Å². The van der Waals surface area contributed by atoms with Gasteiger partial charge in [-0.15, -0.1) is 19.1 Å². The van der Waals surface area contributed by atoms with Gasteiger partial charge in [-0.05, 0) is 18.6 Å². The Morgan fingerprint density at radius 1 is 1.05 bits per heavy atom. The number of hydrogen-bond acceptors (Lipinski definition) is 6. The molecule has 0 saturated carbocycles. The summed E-state index contributed by atoms with van der Waals surface area (Å²) in [6, 6.07) is 7.27. The van der Waals surface area contributed by atoms with Crippen molar-refractivity contribution >= 4 is 7.67 Å². The van der Waals surface area contributed by atoms with Crippen LogP contribution in [0.5, 0.6) is 5.75 Å². The lowest BCUT2D eigenvalue weighted by Crippen LogP contribution is -2.13. The van der Waals surface area contributed by atoms with Crippen molar-refractivity contribution in [1.29, 1.82) is 0 Å². The standard InChI is InChI=1S/C11H11N6O2P/c1-10-4-2-3-5-11(10)19-20(18,16-8-12-6-14-16)17-9-13-7-15-17/h2-9H,1H3. The molecule has 0 unspecified atom stereocenters. The third-order valence-electron chi connectivity index (χ3n) is 2.64. The predicted octanol–water partition coefficient (Wildman–Crippen LogP) is 1.76. The highest BCUT2D eigenvalue weighted by Crippen LogP contribution is 2.48. The molecule has 0 aliphatic heterocycles. The van der Waals surface area contributed by atoms with Crippen LogP contribution in [0.3, 0.4) is 0 Å². The summed E-state index contributed by atoms with van der Waals surface area (Å²) in [5.74, 6) is 0.488. The Bertz CT molecular complexity index is 702. The van der Waals surface area contributed by atoms with E-state index in [-0.39, 0.29) is 0 Å². The highest BCUT2D eigenvalue weighted by atomic mass is 31.2. The summed E-state index contributed by atoms with van der Waals surface area (Å²) < 4.78 is 21.2. The minimum Gasteiger partial charge on any atom is -0.411 e. The van der Waals surface area contributed by atoms with Crippen LogP contribution in [-0.4, -0.2) is 29.1 Å². The third kappa shape index (κ3) is 2.10. The van der Waals surface area contributed by atoms with Gasteiger partial charge in [0, 0.05) is 0 Å². The number of aromatic nitrogens is 6. The molecule has 102 valence electrons. The summed E-state index contributed by atoms with van der Waals surface area (Å²) in [7, 11) is -3.59. The zero-order valence-electron chi connectivity index (χ0n) is 10.6. The number of benzene rings is 1. The highest BCUT2D eigenvalue weighted by Gasteiger charge is 2.33. The van der Waals surface area contributed by atoms with Crippen LogP contribution in [0, 0.1) is 6.92 Å². The second-order valence-electron chi connectivity index (χ2n) is 3.98. The average Bonchev–Trinajstić information content (AvgIpc) is 3.15. The van der Waals surface area contributed by atoms with Crippen LogP contribution >= 0.6 is 7.67 Å². The van der Waals surface area contributed by atoms with Gasteiger partial charge < -0.3 is 4.52 Å². The van der Waals surface area contributed by atoms with E-state index in [4.69, 9.17) is 4.52 Å². The van der Waals surface area contributed by atoms with E-state index >= 15 is 0 Å². The second kappa shape index (κ2) is 4.90. The summed E-state index contributed by atoms with van der Waals surface area (Å²) in [5.41, 5.74) is 0.855. The smallest absolute Gasteiger partial charge is 0.411 e. The van der Waals surface area contributed by atoms with Crippen LogP contribution in [-0.2, 0) is 4.57 Å². The van der Waals surface area contributed by atoms with Gasteiger partial charge in [-0.25, -0.2) is 14.5 Å². The van der Waals surface area contributed by atoms with Crippen LogP contribution in [0.25, 0.3) is 0 Å². The van der Waals surface area contributed by atoms with Crippen molar-refractivity contribution in [1.82, 2.24) is 29.1 Å². The third-order valence-corrected chi connectivity index (χ3v) is 4.53. The van der Waals surface area contributed by atoms with Gasteiger partial charge in [0.15, 0.2) is 0 Å². The fraction of sp³-hybridized carbons (Fsp3) is 0.0909. The summed E-state index contributed by atoms with van der Waals surface area (Å²) >= 11 is 0.